The van der Waals surface area contributed by atoms with E-state index < -0.39 is 17.7 Å². The number of morpholine rings is 1. The predicted octanol–water partition coefficient (Wildman–Crippen LogP) is 3.34. The van der Waals surface area contributed by atoms with Crippen LogP contribution in [0.25, 0.3) is 11.4 Å². The van der Waals surface area contributed by atoms with E-state index in [2.05, 4.69) is 10.00 Å². The van der Waals surface area contributed by atoms with Crippen molar-refractivity contribution in [2.45, 2.75) is 19.4 Å². The second kappa shape index (κ2) is 11.9. The third-order valence-electron chi connectivity index (χ3n) is 7.51. The van der Waals surface area contributed by atoms with E-state index in [1.807, 2.05) is 37.3 Å². The van der Waals surface area contributed by atoms with Crippen LogP contribution >= 0.6 is 0 Å². The number of aliphatic hydroxyl groups is 1. The van der Waals surface area contributed by atoms with Crippen molar-refractivity contribution in [1.29, 1.82) is 0 Å². The summed E-state index contributed by atoms with van der Waals surface area (Å²) in [7, 11) is 3.04. The fourth-order valence-corrected chi connectivity index (χ4v) is 5.47. The molecule has 1 amide bonds. The molecule has 0 radical (unpaired) electrons. The number of rotatable bonds is 9. The molecule has 2 saturated heterocycles. The van der Waals surface area contributed by atoms with Gasteiger partial charge < -0.3 is 24.2 Å². The molecular weight excluding hydrogens is 512 g/mol. The van der Waals surface area contributed by atoms with Crippen molar-refractivity contribution >= 4 is 17.4 Å². The van der Waals surface area contributed by atoms with Crippen LogP contribution in [0.15, 0.2) is 60.3 Å². The van der Waals surface area contributed by atoms with E-state index in [4.69, 9.17) is 14.2 Å². The molecule has 0 saturated carbocycles. The molecule has 0 unspecified atom stereocenters. The number of likely N-dealkylation sites (tertiary alicyclic amines) is 1. The first-order valence-corrected chi connectivity index (χ1v) is 13.4. The molecule has 0 spiro atoms. The predicted molar refractivity (Wildman–Crippen MR) is 149 cm³/mol. The van der Waals surface area contributed by atoms with Gasteiger partial charge in [0.2, 0.25) is 0 Å². The number of nitrogens with zero attached hydrogens (tertiary/aromatic N) is 4. The van der Waals surface area contributed by atoms with Gasteiger partial charge in [-0.1, -0.05) is 30.3 Å². The Morgan fingerprint density at radius 3 is 2.48 bits per heavy atom. The lowest BCUT2D eigenvalue weighted by molar-refractivity contribution is -0.140. The van der Waals surface area contributed by atoms with Crippen molar-refractivity contribution < 1.29 is 28.9 Å². The average Bonchev–Trinajstić information content (AvgIpc) is 3.49. The Bertz CT molecular complexity index is 1410. The van der Waals surface area contributed by atoms with E-state index in [0.29, 0.717) is 54.5 Å². The molecule has 2 fully saturated rings. The Balaban J connectivity index is 1.57. The lowest BCUT2D eigenvalue weighted by Crippen LogP contribution is -2.39. The van der Waals surface area contributed by atoms with Gasteiger partial charge in [0.05, 0.1) is 62.2 Å². The van der Waals surface area contributed by atoms with E-state index in [0.717, 1.165) is 25.3 Å². The molecule has 1 atom stereocenters. The SMILES string of the molecule is COc1cccc([C@@H]2C(=C(O)c3cnn(-c4ccccc4)c3C)C(=O)C(=O)N2CCCN2CCOCC2)c1OC. The monoisotopic (exact) mass is 546 g/mol. The molecule has 10 nitrogen and oxygen atoms in total. The van der Waals surface area contributed by atoms with Gasteiger partial charge in [-0.05, 0) is 31.5 Å². The number of ketones is 1. The Labute approximate surface area is 233 Å². The van der Waals surface area contributed by atoms with Gasteiger partial charge in [0, 0.05) is 31.7 Å². The summed E-state index contributed by atoms with van der Waals surface area (Å²) >= 11 is 0. The summed E-state index contributed by atoms with van der Waals surface area (Å²) in [5.74, 6) is -0.814. The molecule has 3 heterocycles. The molecule has 0 bridgehead atoms. The minimum atomic E-state index is -0.866. The molecule has 5 rings (SSSR count). The fraction of sp³-hybridized carbons (Fsp3) is 0.367. The second-order valence-corrected chi connectivity index (χ2v) is 9.77. The molecule has 210 valence electrons. The van der Waals surface area contributed by atoms with Gasteiger partial charge >= 0.3 is 0 Å². The molecule has 40 heavy (non-hydrogen) atoms. The van der Waals surface area contributed by atoms with Gasteiger partial charge in [0.25, 0.3) is 11.7 Å². The fourth-order valence-electron chi connectivity index (χ4n) is 5.47. The van der Waals surface area contributed by atoms with Crippen molar-refractivity contribution in [3.8, 4) is 17.2 Å². The molecule has 10 heteroatoms. The summed E-state index contributed by atoms with van der Waals surface area (Å²) < 4.78 is 18.3. The van der Waals surface area contributed by atoms with E-state index in [9.17, 15) is 14.7 Å². The highest BCUT2D eigenvalue weighted by atomic mass is 16.5. The van der Waals surface area contributed by atoms with Gasteiger partial charge in [0.15, 0.2) is 11.5 Å². The molecule has 2 aliphatic rings. The van der Waals surface area contributed by atoms with Gasteiger partial charge in [0.1, 0.15) is 5.76 Å². The zero-order chi connectivity index (χ0) is 28.2. The van der Waals surface area contributed by atoms with E-state index >= 15 is 0 Å². The number of Topliss-reactive ketones (excluding diaryl/α,β-unsaturated/α-hetero) is 1. The van der Waals surface area contributed by atoms with Crippen LogP contribution in [-0.2, 0) is 14.3 Å². The smallest absolute Gasteiger partial charge is 0.295 e. The minimum absolute atomic E-state index is 0.00126. The number of hydrogen-bond donors (Lipinski definition) is 1. The van der Waals surface area contributed by atoms with Crippen molar-refractivity contribution in [2.24, 2.45) is 0 Å². The summed E-state index contributed by atoms with van der Waals surface area (Å²) in [5.41, 5.74) is 2.38. The highest BCUT2D eigenvalue weighted by molar-refractivity contribution is 6.46. The first-order valence-electron chi connectivity index (χ1n) is 13.4. The van der Waals surface area contributed by atoms with Crippen molar-refractivity contribution in [3.63, 3.8) is 0 Å². The van der Waals surface area contributed by atoms with E-state index in [1.54, 1.807) is 22.9 Å². The average molecular weight is 547 g/mol. The Kier molecular flexibility index (Phi) is 8.18. The van der Waals surface area contributed by atoms with Crippen molar-refractivity contribution in [2.75, 3.05) is 53.6 Å². The number of ether oxygens (including phenoxy) is 3. The molecular formula is C30H34N4O6. The van der Waals surface area contributed by atoms with Crippen LogP contribution in [0.3, 0.4) is 0 Å². The number of methoxy groups -OCH3 is 2. The number of carbonyl (C=O) groups excluding carboxylic acids is 2. The van der Waals surface area contributed by atoms with Crippen LogP contribution in [0, 0.1) is 6.92 Å². The summed E-state index contributed by atoms with van der Waals surface area (Å²) in [5, 5.41) is 16.1. The number of hydrogen-bond acceptors (Lipinski definition) is 8. The molecule has 2 aliphatic heterocycles. The zero-order valence-electron chi connectivity index (χ0n) is 23.0. The van der Waals surface area contributed by atoms with Gasteiger partial charge in [-0.25, -0.2) is 4.68 Å². The number of carbonyl (C=O) groups is 2. The maximum absolute atomic E-state index is 13.6. The summed E-state index contributed by atoms with van der Waals surface area (Å²) in [4.78, 5) is 30.9. The second-order valence-electron chi connectivity index (χ2n) is 9.77. The molecule has 0 aliphatic carbocycles. The molecule has 1 N–H and O–H groups in total. The summed E-state index contributed by atoms with van der Waals surface area (Å²) in [6, 6.07) is 14.0. The lowest BCUT2D eigenvalue weighted by Gasteiger charge is -2.29. The van der Waals surface area contributed by atoms with Crippen LogP contribution in [-0.4, -0.2) is 90.0 Å². The first-order chi connectivity index (χ1) is 19.5. The maximum atomic E-state index is 13.6. The first kappa shape index (κ1) is 27.4. The van der Waals surface area contributed by atoms with E-state index in [-0.39, 0.29) is 11.3 Å². The van der Waals surface area contributed by atoms with Crippen LogP contribution in [0.4, 0.5) is 0 Å². The Hall–Kier alpha value is -4.15. The van der Waals surface area contributed by atoms with Crippen LogP contribution in [0.1, 0.15) is 29.3 Å². The number of amides is 1. The topological polar surface area (TPSA) is 106 Å². The number of aromatic nitrogens is 2. The van der Waals surface area contributed by atoms with Gasteiger partial charge in [-0.2, -0.15) is 5.10 Å². The summed E-state index contributed by atoms with van der Waals surface area (Å²) in [6.45, 7) is 5.92. The molecule has 3 aromatic rings. The van der Waals surface area contributed by atoms with Crippen molar-refractivity contribution in [3.05, 3.63) is 77.1 Å². The minimum Gasteiger partial charge on any atom is -0.507 e. The molecule has 1 aromatic heterocycles. The Morgan fingerprint density at radius 1 is 1.02 bits per heavy atom. The largest absolute Gasteiger partial charge is 0.507 e. The Morgan fingerprint density at radius 2 is 1.77 bits per heavy atom. The van der Waals surface area contributed by atoms with Crippen LogP contribution in [0.2, 0.25) is 0 Å². The van der Waals surface area contributed by atoms with E-state index in [1.165, 1.54) is 25.3 Å². The highest BCUT2D eigenvalue weighted by Crippen LogP contribution is 2.45. The van der Waals surface area contributed by atoms with Gasteiger partial charge in [-0.15, -0.1) is 0 Å². The van der Waals surface area contributed by atoms with Crippen LogP contribution < -0.4 is 9.47 Å². The molecule has 2 aromatic carbocycles. The highest BCUT2D eigenvalue weighted by Gasteiger charge is 2.47. The number of para-hydroxylation sites is 2. The number of benzene rings is 2. The number of aliphatic hydroxyl groups excluding tert-OH is 1. The lowest BCUT2D eigenvalue weighted by atomic mass is 9.94. The third-order valence-corrected chi connectivity index (χ3v) is 7.51. The zero-order valence-corrected chi connectivity index (χ0v) is 23.0. The normalized spacial score (nSPS) is 19.3. The third kappa shape index (κ3) is 5.07. The maximum Gasteiger partial charge on any atom is 0.295 e. The quantitative estimate of drug-likeness (QED) is 0.248. The van der Waals surface area contributed by atoms with Crippen LogP contribution in [0.5, 0.6) is 11.5 Å². The van der Waals surface area contributed by atoms with Gasteiger partial charge in [-0.3, -0.25) is 14.5 Å². The van der Waals surface area contributed by atoms with Crippen molar-refractivity contribution in [1.82, 2.24) is 19.6 Å². The summed E-state index contributed by atoms with van der Waals surface area (Å²) in [6.07, 6.45) is 2.17. The standard InChI is InChI=1S/C30H34N4O6/c1-20-23(19-31-34(20)21-9-5-4-6-10-21)27(35)25-26(22-11-7-12-24(38-2)29(22)39-3)33(30(37)28(25)36)14-8-13-32-15-17-40-18-16-32/h4-7,9-12,19,26,35H,8,13-18H2,1-3H3/t26-/m1/s1.